The Morgan fingerprint density at radius 1 is 0.885 bits per heavy atom. The molecule has 4 amide bonds. The molecular weight excluding hydrogens is 712 g/mol. The van der Waals surface area contributed by atoms with Crippen LogP contribution in [0.1, 0.15) is 60.8 Å². The SMILES string of the molecule is CN1CC2CC1CN2C1CCN(C(=O)[C@H](CC(=O)N2CCC(N3Cc4cscc4NC3=O)CC2)Cc2cc(C(F)(F)F)c(N)c(C(F)(F)F)c2)CC1. The van der Waals surface area contributed by atoms with Crippen LogP contribution < -0.4 is 11.1 Å². The van der Waals surface area contributed by atoms with Gasteiger partial charge < -0.3 is 30.7 Å². The molecule has 2 aromatic rings. The molecule has 4 saturated heterocycles. The van der Waals surface area contributed by atoms with Gasteiger partial charge >= 0.3 is 18.4 Å². The monoisotopic (exact) mass is 755 g/mol. The van der Waals surface area contributed by atoms with E-state index in [1.807, 2.05) is 10.8 Å². The Morgan fingerprint density at radius 3 is 2.08 bits per heavy atom. The molecule has 0 radical (unpaired) electrons. The van der Waals surface area contributed by atoms with Crippen molar-refractivity contribution in [3.8, 4) is 0 Å². The number of amides is 4. The zero-order valence-electron chi connectivity index (χ0n) is 28.8. The van der Waals surface area contributed by atoms with Crippen LogP contribution in [0.5, 0.6) is 0 Å². The third-order valence-electron chi connectivity index (χ3n) is 11.7. The van der Waals surface area contributed by atoms with Gasteiger partial charge in [-0.15, -0.1) is 11.3 Å². The van der Waals surface area contributed by atoms with E-state index < -0.39 is 53.3 Å². The van der Waals surface area contributed by atoms with Crippen LogP contribution in [0, 0.1) is 5.92 Å². The van der Waals surface area contributed by atoms with E-state index in [-0.39, 0.29) is 30.1 Å². The molecule has 2 unspecified atom stereocenters. The lowest BCUT2D eigenvalue weighted by Crippen LogP contribution is -2.54. The number of hydrogen-bond acceptors (Lipinski definition) is 7. The van der Waals surface area contributed by atoms with Gasteiger partial charge in [0.2, 0.25) is 11.8 Å². The largest absolute Gasteiger partial charge is 0.418 e. The molecule has 3 atom stereocenters. The first-order chi connectivity index (χ1) is 24.6. The van der Waals surface area contributed by atoms with Gasteiger partial charge in [-0.2, -0.15) is 26.3 Å². The van der Waals surface area contributed by atoms with Crippen LogP contribution >= 0.6 is 11.3 Å². The molecule has 1 aromatic carbocycles. The maximum atomic E-state index is 14.1. The van der Waals surface area contributed by atoms with E-state index in [4.69, 9.17) is 5.73 Å². The number of rotatable bonds is 7. The number of likely N-dealkylation sites (N-methyl/N-ethyl adjacent to an activating group) is 1. The van der Waals surface area contributed by atoms with Crippen molar-refractivity contribution in [2.45, 2.75) is 88.0 Å². The number of benzene rings is 1. The zero-order valence-corrected chi connectivity index (χ0v) is 29.6. The molecular formula is C35H43F6N7O3S. The van der Waals surface area contributed by atoms with E-state index in [9.17, 15) is 40.7 Å². The molecule has 5 aliphatic heterocycles. The van der Waals surface area contributed by atoms with E-state index in [0.717, 1.165) is 30.8 Å². The van der Waals surface area contributed by atoms with Crippen LogP contribution in [0.4, 0.5) is 42.5 Å². The smallest absolute Gasteiger partial charge is 0.398 e. The highest BCUT2D eigenvalue weighted by Gasteiger charge is 2.46. The summed E-state index contributed by atoms with van der Waals surface area (Å²) in [5.74, 6) is -2.05. The van der Waals surface area contributed by atoms with Gasteiger partial charge in [0.1, 0.15) is 0 Å². The fourth-order valence-corrected chi connectivity index (χ4v) is 9.69. The Balaban J connectivity index is 1.06. The van der Waals surface area contributed by atoms with Crippen molar-refractivity contribution in [3.63, 3.8) is 0 Å². The van der Waals surface area contributed by atoms with Crippen molar-refractivity contribution >= 4 is 40.6 Å². The number of fused-ring (bicyclic) bond motifs is 3. The number of alkyl halides is 6. The molecule has 10 nitrogen and oxygen atoms in total. The Labute approximate surface area is 301 Å². The predicted molar refractivity (Wildman–Crippen MR) is 182 cm³/mol. The summed E-state index contributed by atoms with van der Waals surface area (Å²) < 4.78 is 83.4. The number of nitrogen functional groups attached to an aromatic ring is 1. The highest BCUT2D eigenvalue weighted by atomic mass is 32.1. The van der Waals surface area contributed by atoms with Crippen molar-refractivity contribution in [1.82, 2.24) is 24.5 Å². The van der Waals surface area contributed by atoms with Gasteiger partial charge in [-0.3, -0.25) is 14.5 Å². The second-order valence-electron chi connectivity index (χ2n) is 14.9. The highest BCUT2D eigenvalue weighted by Crippen LogP contribution is 2.43. The quantitative estimate of drug-likeness (QED) is 0.293. The number of hydrogen-bond donors (Lipinski definition) is 2. The minimum atomic E-state index is -5.16. The number of carbonyl (C=O) groups is 3. The molecule has 5 aliphatic rings. The Hall–Kier alpha value is -3.57. The minimum absolute atomic E-state index is 0.126. The number of nitrogens with zero attached hydrogens (tertiary/aromatic N) is 5. The summed E-state index contributed by atoms with van der Waals surface area (Å²) in [5.41, 5.74) is 2.15. The molecule has 0 aliphatic carbocycles. The fraction of sp³-hybridized carbons (Fsp3) is 0.629. The number of nitrogens with one attached hydrogen (secondary N) is 1. The number of carbonyl (C=O) groups excluding carboxylic acids is 3. The molecule has 0 spiro atoms. The predicted octanol–water partition coefficient (Wildman–Crippen LogP) is 5.33. The number of piperidine rings is 2. The maximum absolute atomic E-state index is 14.1. The van der Waals surface area contributed by atoms with E-state index in [0.29, 0.717) is 82.6 Å². The van der Waals surface area contributed by atoms with Crippen molar-refractivity contribution in [3.05, 3.63) is 45.1 Å². The summed E-state index contributed by atoms with van der Waals surface area (Å²) in [5, 5.41) is 6.74. The Morgan fingerprint density at radius 2 is 1.50 bits per heavy atom. The molecule has 4 fully saturated rings. The molecule has 17 heteroatoms. The summed E-state index contributed by atoms with van der Waals surface area (Å²) in [6.45, 7) is 3.77. The molecule has 0 saturated carbocycles. The fourth-order valence-electron chi connectivity index (χ4n) is 8.91. The average molecular weight is 756 g/mol. The van der Waals surface area contributed by atoms with E-state index in [1.54, 1.807) is 14.7 Å². The standard InChI is InChI=1S/C35H43F6N7O3S/c1-44-16-26-14-25(44)17-47(26)23-4-8-46(9-5-23)32(50)21(10-20-11-27(34(36,37)38)31(42)28(12-20)35(39,40)41)13-30(49)45-6-2-24(3-7-45)48-15-22-18-52-19-29(22)43-33(48)51/h11-12,18-19,21,23-26H,2-10,13-17,42H2,1H3,(H,43,51)/t21-,25?,26?/m0/s1. The van der Waals surface area contributed by atoms with Crippen LogP contribution in [-0.2, 0) is 34.9 Å². The molecule has 6 heterocycles. The average Bonchev–Trinajstić information content (AvgIpc) is 3.83. The summed E-state index contributed by atoms with van der Waals surface area (Å²) in [6, 6.07) is 2.05. The van der Waals surface area contributed by atoms with Gasteiger partial charge in [-0.1, -0.05) is 0 Å². The van der Waals surface area contributed by atoms with Crippen LogP contribution in [0.3, 0.4) is 0 Å². The van der Waals surface area contributed by atoms with Crippen molar-refractivity contribution < 1.29 is 40.7 Å². The summed E-state index contributed by atoms with van der Waals surface area (Å²) in [7, 11) is 2.12. The summed E-state index contributed by atoms with van der Waals surface area (Å²) in [6.07, 6.45) is -7.72. The number of anilines is 2. The second kappa shape index (κ2) is 14.0. The second-order valence-corrected chi connectivity index (χ2v) is 15.7. The third-order valence-corrected chi connectivity index (χ3v) is 12.5. The summed E-state index contributed by atoms with van der Waals surface area (Å²) >= 11 is 1.50. The van der Waals surface area contributed by atoms with E-state index in [2.05, 4.69) is 22.2 Å². The number of nitrogens with two attached hydrogens (primary N) is 1. The highest BCUT2D eigenvalue weighted by molar-refractivity contribution is 7.08. The van der Waals surface area contributed by atoms with Crippen LogP contribution in [0.15, 0.2) is 22.9 Å². The van der Waals surface area contributed by atoms with Crippen LogP contribution in [0.25, 0.3) is 0 Å². The van der Waals surface area contributed by atoms with Crippen LogP contribution in [-0.4, -0.2) is 113 Å². The molecule has 284 valence electrons. The first-order valence-electron chi connectivity index (χ1n) is 17.8. The number of likely N-dealkylation sites (tertiary alicyclic amines) is 4. The lowest BCUT2D eigenvalue weighted by molar-refractivity contribution is -0.143. The normalized spacial score (nSPS) is 24.4. The molecule has 52 heavy (non-hydrogen) atoms. The lowest BCUT2D eigenvalue weighted by atomic mass is 9.90. The van der Waals surface area contributed by atoms with Gasteiger partial charge in [0, 0.05) is 80.8 Å². The molecule has 7 rings (SSSR count). The Kier molecular flexibility index (Phi) is 9.91. The summed E-state index contributed by atoms with van der Waals surface area (Å²) in [4.78, 5) is 50.5. The topological polar surface area (TPSA) is 105 Å². The van der Waals surface area contributed by atoms with Gasteiger partial charge in [0.05, 0.1) is 35.0 Å². The molecule has 1 aromatic heterocycles. The van der Waals surface area contributed by atoms with E-state index >= 15 is 0 Å². The van der Waals surface area contributed by atoms with Crippen LogP contribution in [0.2, 0.25) is 0 Å². The zero-order chi connectivity index (χ0) is 37.1. The maximum Gasteiger partial charge on any atom is 0.418 e. The number of piperazine rings is 1. The van der Waals surface area contributed by atoms with Crippen molar-refractivity contribution in [1.29, 1.82) is 0 Å². The van der Waals surface area contributed by atoms with Gasteiger partial charge in [-0.05, 0) is 68.6 Å². The van der Waals surface area contributed by atoms with Crippen molar-refractivity contribution in [2.75, 3.05) is 57.4 Å². The van der Waals surface area contributed by atoms with Gasteiger partial charge in [-0.25, -0.2) is 4.79 Å². The Bertz CT molecular complexity index is 1650. The number of urea groups is 1. The number of halogens is 6. The number of thiophene rings is 1. The third kappa shape index (κ3) is 7.32. The lowest BCUT2D eigenvalue weighted by Gasteiger charge is -2.42. The van der Waals surface area contributed by atoms with Crippen molar-refractivity contribution in [2.24, 2.45) is 5.92 Å². The molecule has 3 N–H and O–H groups in total. The first-order valence-corrected chi connectivity index (χ1v) is 18.7. The minimum Gasteiger partial charge on any atom is -0.398 e. The van der Waals surface area contributed by atoms with Gasteiger partial charge in [0.25, 0.3) is 0 Å². The molecule has 2 bridgehead atoms. The van der Waals surface area contributed by atoms with Gasteiger partial charge in [0.15, 0.2) is 0 Å². The van der Waals surface area contributed by atoms with E-state index in [1.165, 1.54) is 11.3 Å². The first kappa shape index (κ1) is 36.8.